The first-order valence-corrected chi connectivity index (χ1v) is 6.70. The number of hydrogen-bond acceptors (Lipinski definition) is 3. The van der Waals surface area contributed by atoms with Gasteiger partial charge in [0.15, 0.2) is 0 Å². The summed E-state index contributed by atoms with van der Waals surface area (Å²) in [7, 11) is 0. The van der Waals surface area contributed by atoms with Crippen molar-refractivity contribution in [2.45, 2.75) is 17.9 Å². The molecular formula is C14H15FN2S. The molecule has 94 valence electrons. The lowest BCUT2D eigenvalue weighted by atomic mass is 10.1. The molecule has 0 radical (unpaired) electrons. The number of nitrogens with two attached hydrogens (primary N) is 1. The first-order valence-electron chi connectivity index (χ1n) is 5.72. The van der Waals surface area contributed by atoms with Gasteiger partial charge in [0.2, 0.25) is 0 Å². The Morgan fingerprint density at radius 3 is 2.83 bits per heavy atom. The highest BCUT2D eigenvalue weighted by Crippen LogP contribution is 2.26. The van der Waals surface area contributed by atoms with Crippen LogP contribution in [0.2, 0.25) is 0 Å². The molecule has 2 aromatic rings. The molecule has 4 heteroatoms. The molecule has 1 atom stereocenters. The maximum Gasteiger partial charge on any atom is 0.146 e. The zero-order chi connectivity index (χ0) is 13.0. The van der Waals surface area contributed by atoms with Crippen molar-refractivity contribution < 1.29 is 4.39 Å². The van der Waals surface area contributed by atoms with E-state index in [1.54, 1.807) is 24.0 Å². The van der Waals surface area contributed by atoms with Crippen LogP contribution in [0.5, 0.6) is 0 Å². The van der Waals surface area contributed by atoms with Gasteiger partial charge in [-0.2, -0.15) is 0 Å². The van der Waals surface area contributed by atoms with E-state index in [2.05, 4.69) is 24.0 Å². The molecule has 0 saturated carbocycles. The number of halogens is 1. The second kappa shape index (κ2) is 5.98. The summed E-state index contributed by atoms with van der Waals surface area (Å²) in [6.07, 6.45) is 2.77. The highest BCUT2D eigenvalue weighted by Gasteiger charge is 2.11. The summed E-state index contributed by atoms with van der Waals surface area (Å²) in [5.41, 5.74) is 7.74. The molecule has 2 N–H and O–H groups in total. The van der Waals surface area contributed by atoms with E-state index in [1.807, 2.05) is 12.1 Å². The number of benzene rings is 1. The van der Waals surface area contributed by atoms with Crippen molar-refractivity contribution in [3.8, 4) is 0 Å². The first-order chi connectivity index (χ1) is 8.68. The van der Waals surface area contributed by atoms with E-state index in [9.17, 15) is 4.39 Å². The molecular weight excluding hydrogens is 247 g/mol. The van der Waals surface area contributed by atoms with Crippen molar-refractivity contribution in [3.05, 3.63) is 59.7 Å². The Morgan fingerprint density at radius 2 is 2.11 bits per heavy atom. The molecule has 0 amide bonds. The van der Waals surface area contributed by atoms with Crippen molar-refractivity contribution >= 4 is 11.8 Å². The van der Waals surface area contributed by atoms with Gasteiger partial charge >= 0.3 is 0 Å². The molecule has 0 bridgehead atoms. The maximum absolute atomic E-state index is 13.5. The van der Waals surface area contributed by atoms with Crippen LogP contribution in [-0.2, 0) is 0 Å². The zero-order valence-corrected chi connectivity index (χ0v) is 11.0. The topological polar surface area (TPSA) is 38.9 Å². The third-order valence-electron chi connectivity index (χ3n) is 2.72. The van der Waals surface area contributed by atoms with E-state index in [1.165, 1.54) is 16.7 Å². The molecule has 0 aliphatic carbocycles. The molecule has 0 aliphatic heterocycles. The van der Waals surface area contributed by atoms with Gasteiger partial charge in [-0.3, -0.25) is 4.98 Å². The highest BCUT2D eigenvalue weighted by molar-refractivity contribution is 7.99. The minimum absolute atomic E-state index is 0.322. The lowest BCUT2D eigenvalue weighted by molar-refractivity contribution is 0.589. The Balaban J connectivity index is 2.03. The molecule has 0 fully saturated rings. The normalized spacial score (nSPS) is 12.4. The van der Waals surface area contributed by atoms with Crippen LogP contribution < -0.4 is 5.73 Å². The Hall–Kier alpha value is -1.39. The maximum atomic E-state index is 13.5. The predicted octanol–water partition coefficient (Wildman–Crippen LogP) is 3.32. The highest BCUT2D eigenvalue weighted by atomic mass is 32.2. The molecule has 0 saturated heterocycles. The number of rotatable bonds is 4. The summed E-state index contributed by atoms with van der Waals surface area (Å²) in [6.45, 7) is 2.06. The number of nitrogens with zero attached hydrogens (tertiary/aromatic N) is 1. The van der Waals surface area contributed by atoms with E-state index in [0.29, 0.717) is 11.3 Å². The summed E-state index contributed by atoms with van der Waals surface area (Å²) in [5.74, 6) is 0.307. The molecule has 1 heterocycles. The SMILES string of the molecule is Cc1ccccc1SCC(N)c1ccncc1F. The van der Waals surface area contributed by atoms with Gasteiger partial charge in [-0.25, -0.2) is 4.39 Å². The molecule has 18 heavy (non-hydrogen) atoms. The number of pyridine rings is 1. The summed E-state index contributed by atoms with van der Waals surface area (Å²) < 4.78 is 13.5. The summed E-state index contributed by atoms with van der Waals surface area (Å²) in [5, 5.41) is 0. The lowest BCUT2D eigenvalue weighted by Gasteiger charge is -2.13. The minimum Gasteiger partial charge on any atom is -0.323 e. The number of hydrogen-bond donors (Lipinski definition) is 1. The van der Waals surface area contributed by atoms with Crippen LogP contribution in [0.3, 0.4) is 0 Å². The molecule has 1 aromatic heterocycles. The molecule has 1 aromatic carbocycles. The van der Waals surface area contributed by atoms with Crippen molar-refractivity contribution in [1.82, 2.24) is 4.98 Å². The Kier molecular flexibility index (Phi) is 4.33. The van der Waals surface area contributed by atoms with Crippen LogP contribution >= 0.6 is 11.8 Å². The van der Waals surface area contributed by atoms with Gasteiger partial charge in [0.05, 0.1) is 6.20 Å². The van der Waals surface area contributed by atoms with Gasteiger partial charge < -0.3 is 5.73 Å². The number of aryl methyl sites for hydroxylation is 1. The van der Waals surface area contributed by atoms with Gasteiger partial charge in [-0.05, 0) is 24.6 Å². The minimum atomic E-state index is -0.338. The number of aromatic nitrogens is 1. The average molecular weight is 262 g/mol. The molecule has 1 unspecified atom stereocenters. The van der Waals surface area contributed by atoms with Crippen molar-refractivity contribution in [2.24, 2.45) is 5.73 Å². The third kappa shape index (κ3) is 3.09. The van der Waals surface area contributed by atoms with Crippen LogP contribution in [0.15, 0.2) is 47.6 Å². The summed E-state index contributed by atoms with van der Waals surface area (Å²) in [4.78, 5) is 4.91. The number of thioether (sulfide) groups is 1. The Labute approximate surface area is 110 Å². The van der Waals surface area contributed by atoms with Crippen LogP contribution in [0, 0.1) is 12.7 Å². The van der Waals surface area contributed by atoms with Crippen molar-refractivity contribution in [1.29, 1.82) is 0 Å². The van der Waals surface area contributed by atoms with Crippen LogP contribution in [-0.4, -0.2) is 10.7 Å². The quantitative estimate of drug-likeness (QED) is 0.859. The van der Waals surface area contributed by atoms with Crippen molar-refractivity contribution in [3.63, 3.8) is 0 Å². The molecule has 2 rings (SSSR count). The van der Waals surface area contributed by atoms with Crippen molar-refractivity contribution in [2.75, 3.05) is 5.75 Å². The molecule has 2 nitrogen and oxygen atoms in total. The standard InChI is InChI=1S/C14H15FN2S/c1-10-4-2-3-5-14(10)18-9-13(16)11-6-7-17-8-12(11)15/h2-8,13H,9,16H2,1H3. The van der Waals surface area contributed by atoms with Crippen LogP contribution in [0.1, 0.15) is 17.2 Å². The zero-order valence-electron chi connectivity index (χ0n) is 10.1. The first kappa shape index (κ1) is 13.1. The Bertz CT molecular complexity index is 531. The van der Waals surface area contributed by atoms with E-state index in [0.717, 1.165) is 0 Å². The Morgan fingerprint density at radius 1 is 1.33 bits per heavy atom. The van der Waals surface area contributed by atoms with E-state index < -0.39 is 0 Å². The van der Waals surface area contributed by atoms with E-state index in [4.69, 9.17) is 5.73 Å². The van der Waals surface area contributed by atoms with Gasteiger partial charge in [0.25, 0.3) is 0 Å². The summed E-state index contributed by atoms with van der Waals surface area (Å²) in [6, 6.07) is 9.42. The fraction of sp³-hybridized carbons (Fsp3) is 0.214. The molecule has 0 spiro atoms. The van der Waals surface area contributed by atoms with Gasteiger partial charge in [-0.15, -0.1) is 11.8 Å². The predicted molar refractivity (Wildman–Crippen MR) is 73.0 cm³/mol. The van der Waals surface area contributed by atoms with Gasteiger partial charge in [0, 0.05) is 28.5 Å². The van der Waals surface area contributed by atoms with Gasteiger partial charge in [-0.1, -0.05) is 18.2 Å². The second-order valence-corrected chi connectivity index (χ2v) is 5.14. The smallest absolute Gasteiger partial charge is 0.146 e. The fourth-order valence-corrected chi connectivity index (χ4v) is 2.68. The van der Waals surface area contributed by atoms with Gasteiger partial charge in [0.1, 0.15) is 5.82 Å². The van der Waals surface area contributed by atoms with E-state index in [-0.39, 0.29) is 11.9 Å². The second-order valence-electron chi connectivity index (χ2n) is 4.08. The van der Waals surface area contributed by atoms with Crippen LogP contribution in [0.25, 0.3) is 0 Å². The third-order valence-corrected chi connectivity index (χ3v) is 4.01. The average Bonchev–Trinajstić information content (AvgIpc) is 2.38. The van der Waals surface area contributed by atoms with E-state index >= 15 is 0 Å². The lowest BCUT2D eigenvalue weighted by Crippen LogP contribution is -2.14. The molecule has 0 aliphatic rings. The fourth-order valence-electron chi connectivity index (χ4n) is 1.67. The summed E-state index contributed by atoms with van der Waals surface area (Å²) >= 11 is 1.65. The van der Waals surface area contributed by atoms with Crippen LogP contribution in [0.4, 0.5) is 4.39 Å². The monoisotopic (exact) mass is 262 g/mol. The largest absolute Gasteiger partial charge is 0.323 e.